The maximum Gasteiger partial charge on any atom is 0.312 e. The van der Waals surface area contributed by atoms with Crippen LogP contribution < -0.4 is 10.2 Å². The molecule has 1 aromatic rings. The van der Waals surface area contributed by atoms with Gasteiger partial charge in [-0.15, -0.1) is 11.8 Å². The van der Waals surface area contributed by atoms with E-state index in [2.05, 4.69) is 5.32 Å². The highest BCUT2D eigenvalue weighted by molar-refractivity contribution is 7.99. The molecule has 0 radical (unpaired) electrons. The third kappa shape index (κ3) is 4.77. The van der Waals surface area contributed by atoms with E-state index in [0.29, 0.717) is 32.7 Å². The molecule has 9 heteroatoms. The van der Waals surface area contributed by atoms with Crippen LogP contribution in [0.1, 0.15) is 25.7 Å². The van der Waals surface area contributed by atoms with E-state index in [1.165, 1.54) is 4.90 Å². The molecule has 2 heterocycles. The number of piperazine rings is 1. The van der Waals surface area contributed by atoms with Crippen molar-refractivity contribution in [3.63, 3.8) is 0 Å². The maximum absolute atomic E-state index is 12.7. The number of anilines is 1. The van der Waals surface area contributed by atoms with Gasteiger partial charge in [0.1, 0.15) is 0 Å². The second-order valence-corrected chi connectivity index (χ2v) is 8.92. The average Bonchev–Trinajstić information content (AvgIpc) is 3.60. The number of nitrogens with one attached hydrogen (secondary N) is 1. The monoisotopic (exact) mass is 430 g/mol. The van der Waals surface area contributed by atoms with Gasteiger partial charge in [-0.3, -0.25) is 19.2 Å². The van der Waals surface area contributed by atoms with Gasteiger partial charge in [0.25, 0.3) is 0 Å². The molecular weight excluding hydrogens is 404 g/mol. The first kappa shape index (κ1) is 20.7. The summed E-state index contributed by atoms with van der Waals surface area (Å²) in [5, 5.41) is 2.70. The molecule has 1 aromatic carbocycles. The Labute approximate surface area is 179 Å². The molecule has 2 fully saturated rings. The summed E-state index contributed by atoms with van der Waals surface area (Å²) in [6, 6.07) is 7.98. The van der Waals surface area contributed by atoms with E-state index < -0.39 is 11.8 Å². The van der Waals surface area contributed by atoms with Crippen LogP contribution in [0.25, 0.3) is 0 Å². The largest absolute Gasteiger partial charge is 0.345 e. The van der Waals surface area contributed by atoms with Crippen LogP contribution in [0.4, 0.5) is 5.69 Å². The molecular formula is C21H26N4O4S. The first-order valence-electron chi connectivity index (χ1n) is 10.4. The lowest BCUT2D eigenvalue weighted by Crippen LogP contribution is -2.54. The summed E-state index contributed by atoms with van der Waals surface area (Å²) >= 11 is 1.74. The fourth-order valence-electron chi connectivity index (χ4n) is 3.71. The van der Waals surface area contributed by atoms with Crippen LogP contribution in [0.15, 0.2) is 29.2 Å². The fraction of sp³-hybridized carbons (Fsp3) is 0.524. The minimum atomic E-state index is -0.553. The zero-order valence-electron chi connectivity index (χ0n) is 16.8. The lowest BCUT2D eigenvalue weighted by atomic mass is 10.2. The van der Waals surface area contributed by atoms with E-state index in [1.54, 1.807) is 21.6 Å². The SMILES string of the molecule is O=C(NC1CC1)C(=O)N1CCN(C(=O)CCC(=O)N2CCSc3ccccc32)CC1. The number of hydrogen-bond acceptors (Lipinski definition) is 5. The first-order valence-corrected chi connectivity index (χ1v) is 11.4. The Morgan fingerprint density at radius 2 is 1.57 bits per heavy atom. The van der Waals surface area contributed by atoms with Crippen LogP contribution in [-0.2, 0) is 19.2 Å². The Bertz CT molecular complexity index is 849. The van der Waals surface area contributed by atoms with Crippen LogP contribution in [0.2, 0.25) is 0 Å². The van der Waals surface area contributed by atoms with Crippen LogP contribution in [0, 0.1) is 0 Å². The molecule has 1 saturated heterocycles. The Kier molecular flexibility index (Phi) is 6.26. The minimum Gasteiger partial charge on any atom is -0.345 e. The number of rotatable bonds is 4. The molecule has 0 bridgehead atoms. The molecule has 1 aliphatic carbocycles. The van der Waals surface area contributed by atoms with Gasteiger partial charge in [0.15, 0.2) is 0 Å². The van der Waals surface area contributed by atoms with Crippen molar-refractivity contribution in [2.24, 2.45) is 0 Å². The van der Waals surface area contributed by atoms with E-state index in [4.69, 9.17) is 0 Å². The molecule has 160 valence electrons. The molecule has 4 amide bonds. The topological polar surface area (TPSA) is 90.0 Å². The van der Waals surface area contributed by atoms with Crippen molar-refractivity contribution in [2.75, 3.05) is 43.4 Å². The van der Waals surface area contributed by atoms with Crippen LogP contribution in [0.5, 0.6) is 0 Å². The first-order chi connectivity index (χ1) is 14.5. The Hall–Kier alpha value is -2.55. The van der Waals surface area contributed by atoms with Gasteiger partial charge in [0.2, 0.25) is 11.8 Å². The highest BCUT2D eigenvalue weighted by Crippen LogP contribution is 2.34. The van der Waals surface area contributed by atoms with Crippen molar-refractivity contribution >= 4 is 41.1 Å². The summed E-state index contributed by atoms with van der Waals surface area (Å²) in [5.41, 5.74) is 0.919. The summed E-state index contributed by atoms with van der Waals surface area (Å²) in [4.78, 5) is 55.4. The maximum atomic E-state index is 12.7. The van der Waals surface area contributed by atoms with E-state index in [9.17, 15) is 19.2 Å². The van der Waals surface area contributed by atoms with Gasteiger partial charge in [-0.2, -0.15) is 0 Å². The van der Waals surface area contributed by atoms with Gasteiger partial charge in [0.05, 0.1) is 5.69 Å². The number of hydrogen-bond donors (Lipinski definition) is 1. The molecule has 30 heavy (non-hydrogen) atoms. The second kappa shape index (κ2) is 9.07. The third-order valence-corrected chi connectivity index (χ3v) is 6.65. The summed E-state index contributed by atoms with van der Waals surface area (Å²) < 4.78 is 0. The van der Waals surface area contributed by atoms with Gasteiger partial charge >= 0.3 is 11.8 Å². The van der Waals surface area contributed by atoms with Gasteiger partial charge in [0, 0.05) is 62.3 Å². The molecule has 1 saturated carbocycles. The predicted molar refractivity (Wildman–Crippen MR) is 113 cm³/mol. The molecule has 2 aliphatic heterocycles. The molecule has 1 N–H and O–H groups in total. The number of carbonyl (C=O) groups is 4. The van der Waals surface area contributed by atoms with Crippen molar-refractivity contribution in [1.82, 2.24) is 15.1 Å². The average molecular weight is 431 g/mol. The lowest BCUT2D eigenvalue weighted by Gasteiger charge is -2.34. The van der Waals surface area contributed by atoms with E-state index >= 15 is 0 Å². The molecule has 0 spiro atoms. The summed E-state index contributed by atoms with van der Waals surface area (Å²) in [5.74, 6) is -0.353. The molecule has 8 nitrogen and oxygen atoms in total. The zero-order valence-corrected chi connectivity index (χ0v) is 17.7. The summed E-state index contributed by atoms with van der Waals surface area (Å²) in [6.45, 7) is 2.11. The zero-order chi connectivity index (χ0) is 21.1. The van der Waals surface area contributed by atoms with E-state index in [1.807, 2.05) is 24.3 Å². The number of carbonyl (C=O) groups excluding carboxylic acids is 4. The van der Waals surface area contributed by atoms with Crippen molar-refractivity contribution in [1.29, 1.82) is 0 Å². The Morgan fingerprint density at radius 3 is 2.30 bits per heavy atom. The van der Waals surface area contributed by atoms with Gasteiger partial charge < -0.3 is 20.0 Å². The van der Waals surface area contributed by atoms with Gasteiger partial charge in [-0.05, 0) is 25.0 Å². The second-order valence-electron chi connectivity index (χ2n) is 7.78. The van der Waals surface area contributed by atoms with Gasteiger partial charge in [-0.1, -0.05) is 12.1 Å². The highest BCUT2D eigenvalue weighted by atomic mass is 32.2. The molecule has 0 atom stereocenters. The normalized spacial score (nSPS) is 18.6. The molecule has 0 aromatic heterocycles. The minimum absolute atomic E-state index is 0.0401. The standard InChI is InChI=1S/C21H26N4O4S/c26-18(7-8-19(27)25-13-14-30-17-4-2-1-3-16(17)25)23-9-11-24(12-10-23)21(29)20(28)22-15-5-6-15/h1-4,15H,5-14H2,(H,22,28). The quantitative estimate of drug-likeness (QED) is 0.716. The molecule has 4 rings (SSSR count). The summed E-state index contributed by atoms with van der Waals surface area (Å²) in [7, 11) is 0. The lowest BCUT2D eigenvalue weighted by molar-refractivity contribution is -0.148. The number of fused-ring (bicyclic) bond motifs is 1. The van der Waals surface area contributed by atoms with Gasteiger partial charge in [-0.25, -0.2) is 0 Å². The highest BCUT2D eigenvalue weighted by Gasteiger charge is 2.32. The van der Waals surface area contributed by atoms with Crippen molar-refractivity contribution < 1.29 is 19.2 Å². The van der Waals surface area contributed by atoms with Crippen molar-refractivity contribution in [2.45, 2.75) is 36.6 Å². The van der Waals surface area contributed by atoms with Crippen LogP contribution in [-0.4, -0.2) is 77.9 Å². The molecule has 0 unspecified atom stereocenters. The number of para-hydroxylation sites is 1. The molecule has 3 aliphatic rings. The van der Waals surface area contributed by atoms with Crippen molar-refractivity contribution in [3.05, 3.63) is 24.3 Å². The third-order valence-electron chi connectivity index (χ3n) is 5.61. The van der Waals surface area contributed by atoms with Crippen LogP contribution in [0.3, 0.4) is 0 Å². The fourth-order valence-corrected chi connectivity index (χ4v) is 4.71. The number of amides is 4. The Balaban J connectivity index is 1.23. The van der Waals surface area contributed by atoms with Crippen LogP contribution >= 0.6 is 11.8 Å². The number of thioether (sulfide) groups is 1. The number of nitrogens with zero attached hydrogens (tertiary/aromatic N) is 3. The Morgan fingerprint density at radius 1 is 0.900 bits per heavy atom. The van der Waals surface area contributed by atoms with E-state index in [-0.39, 0.29) is 30.7 Å². The van der Waals surface area contributed by atoms with E-state index in [0.717, 1.165) is 29.2 Å². The smallest absolute Gasteiger partial charge is 0.312 e. The number of benzene rings is 1. The predicted octanol–water partition coefficient (Wildman–Crippen LogP) is 0.855. The van der Waals surface area contributed by atoms with Crippen molar-refractivity contribution in [3.8, 4) is 0 Å². The summed E-state index contributed by atoms with van der Waals surface area (Å²) in [6.07, 6.45) is 2.19.